The number of carbonyl (C=O) groups is 1. The maximum atomic E-state index is 13.1. The van der Waals surface area contributed by atoms with E-state index < -0.39 is 11.6 Å². The number of benzene rings is 2. The molecule has 0 bridgehead atoms. The van der Waals surface area contributed by atoms with Gasteiger partial charge in [0.2, 0.25) is 0 Å². The number of urea groups is 1. The summed E-state index contributed by atoms with van der Waals surface area (Å²) in [4.78, 5) is 13.1. The topological polar surface area (TPSA) is 79.8 Å². The summed E-state index contributed by atoms with van der Waals surface area (Å²) in [5, 5.41) is 18.4. The molecule has 184 valence electrons. The molecule has 6 heteroatoms. The average Bonchev–Trinajstić information content (AvgIpc) is 3.37. The Kier molecular flexibility index (Phi) is 8.24. The van der Waals surface area contributed by atoms with E-state index in [0.717, 1.165) is 43.2 Å². The van der Waals surface area contributed by atoms with Gasteiger partial charge in [0, 0.05) is 12.5 Å². The molecule has 1 atom stereocenters. The smallest absolute Gasteiger partial charge is 0.315 e. The van der Waals surface area contributed by atoms with Gasteiger partial charge in [0.05, 0.1) is 19.3 Å². The Bertz CT molecular complexity index is 852. The van der Waals surface area contributed by atoms with Gasteiger partial charge < -0.3 is 25.2 Å². The van der Waals surface area contributed by atoms with Crippen molar-refractivity contribution in [2.45, 2.75) is 69.9 Å². The highest BCUT2D eigenvalue weighted by molar-refractivity contribution is 5.75. The van der Waals surface area contributed by atoms with Gasteiger partial charge in [-0.2, -0.15) is 0 Å². The molecule has 3 N–H and O–H groups in total. The van der Waals surface area contributed by atoms with E-state index in [0.29, 0.717) is 19.1 Å². The predicted molar refractivity (Wildman–Crippen MR) is 132 cm³/mol. The predicted octanol–water partition coefficient (Wildman–Crippen LogP) is 4.57. The number of hydrogen-bond donors (Lipinski definition) is 3. The van der Waals surface area contributed by atoms with Gasteiger partial charge in [-0.25, -0.2) is 4.79 Å². The maximum Gasteiger partial charge on any atom is 0.315 e. The molecule has 2 aromatic rings. The van der Waals surface area contributed by atoms with Crippen LogP contribution in [0.5, 0.6) is 0 Å². The Morgan fingerprint density at radius 2 is 1.47 bits per heavy atom. The Hall–Kier alpha value is -2.41. The van der Waals surface area contributed by atoms with Crippen LogP contribution in [0.2, 0.25) is 0 Å². The van der Waals surface area contributed by atoms with Crippen LogP contribution in [-0.2, 0) is 15.1 Å². The van der Waals surface area contributed by atoms with Gasteiger partial charge >= 0.3 is 6.03 Å². The molecule has 2 amide bonds. The van der Waals surface area contributed by atoms with Gasteiger partial charge in [-0.1, -0.05) is 74.5 Å². The molecule has 0 radical (unpaired) electrons. The summed E-state index contributed by atoms with van der Waals surface area (Å²) in [6.07, 6.45) is 4.88. The maximum absolute atomic E-state index is 13.1. The fraction of sp³-hybridized carbons (Fsp3) is 0.536. The number of rotatable bonds is 8. The van der Waals surface area contributed by atoms with Crippen molar-refractivity contribution in [1.82, 2.24) is 10.6 Å². The lowest BCUT2D eigenvalue weighted by atomic mass is 9.76. The number of nitrogens with one attached hydrogen (secondary N) is 2. The Balaban J connectivity index is 1.42. The SMILES string of the molecule is CC(C)[C@@H](NC(=O)NC1CCC(CC2OCCO2)CC1)C(O)(c1ccccc1)c1ccccc1. The van der Waals surface area contributed by atoms with Crippen LogP contribution >= 0.6 is 0 Å². The third-order valence-corrected chi connectivity index (χ3v) is 7.23. The van der Waals surface area contributed by atoms with Gasteiger partial charge in [-0.05, 0) is 48.6 Å². The second-order valence-electron chi connectivity index (χ2n) is 9.96. The normalized spacial score (nSPS) is 22.5. The lowest BCUT2D eigenvalue weighted by Crippen LogP contribution is -2.57. The van der Waals surface area contributed by atoms with Crippen LogP contribution in [0.15, 0.2) is 60.7 Å². The number of amides is 2. The van der Waals surface area contributed by atoms with E-state index >= 15 is 0 Å². The first-order valence-electron chi connectivity index (χ1n) is 12.6. The summed E-state index contributed by atoms with van der Waals surface area (Å²) in [6.45, 7) is 5.44. The van der Waals surface area contributed by atoms with Crippen LogP contribution in [0, 0.1) is 11.8 Å². The Morgan fingerprint density at radius 3 is 1.97 bits per heavy atom. The van der Waals surface area contributed by atoms with Crippen molar-refractivity contribution in [3.05, 3.63) is 71.8 Å². The zero-order valence-corrected chi connectivity index (χ0v) is 20.3. The van der Waals surface area contributed by atoms with E-state index in [4.69, 9.17) is 9.47 Å². The van der Waals surface area contributed by atoms with Crippen molar-refractivity contribution in [3.63, 3.8) is 0 Å². The minimum Gasteiger partial charge on any atom is -0.378 e. The van der Waals surface area contributed by atoms with Gasteiger partial charge in [0.25, 0.3) is 0 Å². The quantitative estimate of drug-likeness (QED) is 0.533. The monoisotopic (exact) mass is 466 g/mol. The van der Waals surface area contributed by atoms with E-state index in [1.165, 1.54) is 0 Å². The van der Waals surface area contributed by atoms with Crippen LogP contribution in [0.25, 0.3) is 0 Å². The lowest BCUT2D eigenvalue weighted by Gasteiger charge is -2.40. The van der Waals surface area contributed by atoms with Crippen molar-refractivity contribution in [3.8, 4) is 0 Å². The van der Waals surface area contributed by atoms with Crippen molar-refractivity contribution in [2.24, 2.45) is 11.8 Å². The van der Waals surface area contributed by atoms with Crippen LogP contribution in [0.1, 0.15) is 57.1 Å². The standard InChI is InChI=1S/C28H38N2O4/c1-20(2)26(28(32,22-9-5-3-6-10-22)23-11-7-4-8-12-23)30-27(31)29-24-15-13-21(14-16-24)19-25-33-17-18-34-25/h3-12,20-21,24-26,32H,13-19H2,1-2H3,(H2,29,30,31)/t21?,24?,26-/m1/s1. The molecule has 2 aliphatic rings. The van der Waals surface area contributed by atoms with Gasteiger partial charge in [-0.15, -0.1) is 0 Å². The molecule has 0 aromatic heterocycles. The highest BCUT2D eigenvalue weighted by Crippen LogP contribution is 2.36. The fourth-order valence-electron chi connectivity index (χ4n) is 5.39. The molecule has 1 aliphatic heterocycles. The summed E-state index contributed by atoms with van der Waals surface area (Å²) >= 11 is 0. The van der Waals surface area contributed by atoms with E-state index in [9.17, 15) is 9.90 Å². The largest absolute Gasteiger partial charge is 0.378 e. The minimum atomic E-state index is -1.35. The van der Waals surface area contributed by atoms with Gasteiger partial charge in [0.1, 0.15) is 5.60 Å². The molecule has 2 aromatic carbocycles. The van der Waals surface area contributed by atoms with Crippen LogP contribution < -0.4 is 10.6 Å². The zero-order valence-electron chi connectivity index (χ0n) is 20.3. The van der Waals surface area contributed by atoms with Crippen LogP contribution in [-0.4, -0.2) is 42.7 Å². The molecule has 1 heterocycles. The number of hydrogen-bond acceptors (Lipinski definition) is 4. The Labute approximate surface area is 203 Å². The molecule has 1 saturated carbocycles. The first-order valence-corrected chi connectivity index (χ1v) is 12.6. The zero-order chi connectivity index (χ0) is 24.0. The number of ether oxygens (including phenoxy) is 2. The van der Waals surface area contributed by atoms with Gasteiger partial charge in [-0.3, -0.25) is 0 Å². The van der Waals surface area contributed by atoms with Crippen molar-refractivity contribution in [1.29, 1.82) is 0 Å². The molecular formula is C28H38N2O4. The van der Waals surface area contributed by atoms with Crippen LogP contribution in [0.4, 0.5) is 4.79 Å². The summed E-state index contributed by atoms with van der Waals surface area (Å²) < 4.78 is 11.2. The Morgan fingerprint density at radius 1 is 0.941 bits per heavy atom. The van der Waals surface area contributed by atoms with Crippen LogP contribution in [0.3, 0.4) is 0 Å². The third kappa shape index (κ3) is 5.80. The van der Waals surface area contributed by atoms with Crippen molar-refractivity contribution < 1.29 is 19.4 Å². The van der Waals surface area contributed by atoms with Gasteiger partial charge in [0.15, 0.2) is 6.29 Å². The lowest BCUT2D eigenvalue weighted by molar-refractivity contribution is -0.0601. The van der Waals surface area contributed by atoms with Crippen molar-refractivity contribution in [2.75, 3.05) is 13.2 Å². The summed E-state index contributed by atoms with van der Waals surface area (Å²) in [5.41, 5.74) is 0.168. The molecular weight excluding hydrogens is 428 g/mol. The van der Waals surface area contributed by atoms with E-state index in [1.54, 1.807) is 0 Å². The summed E-state index contributed by atoms with van der Waals surface area (Å²) in [6, 6.07) is 18.6. The minimum absolute atomic E-state index is 0.00156. The summed E-state index contributed by atoms with van der Waals surface area (Å²) in [7, 11) is 0. The highest BCUT2D eigenvalue weighted by Gasteiger charge is 2.43. The summed E-state index contributed by atoms with van der Waals surface area (Å²) in [5.74, 6) is 0.576. The first-order chi connectivity index (χ1) is 16.5. The van der Waals surface area contributed by atoms with E-state index in [1.807, 2.05) is 74.5 Å². The molecule has 0 spiro atoms. The van der Waals surface area contributed by atoms with E-state index in [2.05, 4.69) is 10.6 Å². The molecule has 6 nitrogen and oxygen atoms in total. The highest BCUT2D eigenvalue weighted by atomic mass is 16.7. The molecule has 2 fully saturated rings. The first kappa shape index (κ1) is 24.7. The second kappa shape index (κ2) is 11.3. The molecule has 1 aliphatic carbocycles. The molecule has 0 unspecified atom stereocenters. The second-order valence-corrected chi connectivity index (χ2v) is 9.96. The average molecular weight is 467 g/mol. The molecule has 4 rings (SSSR count). The molecule has 34 heavy (non-hydrogen) atoms. The van der Waals surface area contributed by atoms with Crippen molar-refractivity contribution >= 4 is 6.03 Å². The number of carbonyl (C=O) groups excluding carboxylic acids is 1. The molecule has 1 saturated heterocycles. The fourth-order valence-corrected chi connectivity index (χ4v) is 5.39. The third-order valence-electron chi connectivity index (χ3n) is 7.23. The number of aliphatic hydroxyl groups is 1. The van der Waals surface area contributed by atoms with E-state index in [-0.39, 0.29) is 24.3 Å².